The highest BCUT2D eigenvalue weighted by molar-refractivity contribution is 7.10. The minimum Gasteiger partial charge on any atom is -0.453 e. The molecule has 0 radical (unpaired) electrons. The van der Waals surface area contributed by atoms with E-state index in [0.29, 0.717) is 11.3 Å². The molecule has 0 spiro atoms. The molecule has 0 aliphatic heterocycles. The van der Waals surface area contributed by atoms with E-state index < -0.39 is 5.82 Å². The summed E-state index contributed by atoms with van der Waals surface area (Å²) in [4.78, 5) is 17.2. The number of hydrogen-bond acceptors (Lipinski definition) is 4. The van der Waals surface area contributed by atoms with Gasteiger partial charge in [0.2, 0.25) is 5.91 Å². The molecule has 0 saturated heterocycles. The lowest BCUT2D eigenvalue weighted by atomic mass is 10.1. The van der Waals surface area contributed by atoms with Gasteiger partial charge < -0.3 is 10.1 Å². The van der Waals surface area contributed by atoms with Gasteiger partial charge >= 0.3 is 0 Å². The normalized spacial score (nSPS) is 12.1. The van der Waals surface area contributed by atoms with Crippen LogP contribution in [0.4, 0.5) is 4.39 Å². The smallest absolute Gasteiger partial charge is 0.244 e. The molecule has 27 heavy (non-hydrogen) atoms. The quantitative estimate of drug-likeness (QED) is 0.560. The standard InChI is InChI=1S/C21H19FN2O2S/c1-2-18(20-6-4-12-27-20)24-21(25)10-8-15-7-9-19(17(22)13-15)26-16-5-3-11-23-14-16/h3-14,18H,2H2,1H3,(H,24,25)/b10-8+. The summed E-state index contributed by atoms with van der Waals surface area (Å²) >= 11 is 1.61. The highest BCUT2D eigenvalue weighted by Gasteiger charge is 2.12. The number of carbonyl (C=O) groups is 1. The van der Waals surface area contributed by atoms with E-state index in [9.17, 15) is 9.18 Å². The van der Waals surface area contributed by atoms with E-state index in [1.165, 1.54) is 24.4 Å². The summed E-state index contributed by atoms with van der Waals surface area (Å²) in [6, 6.07) is 11.9. The summed E-state index contributed by atoms with van der Waals surface area (Å²) in [5.41, 5.74) is 0.574. The number of benzene rings is 1. The number of nitrogens with zero attached hydrogens (tertiary/aromatic N) is 1. The van der Waals surface area contributed by atoms with Gasteiger partial charge in [-0.1, -0.05) is 19.1 Å². The molecule has 0 saturated carbocycles. The molecule has 0 aliphatic carbocycles. The minimum absolute atomic E-state index is 0.0193. The third kappa shape index (κ3) is 5.24. The first-order valence-corrected chi connectivity index (χ1v) is 9.43. The molecule has 1 unspecified atom stereocenters. The van der Waals surface area contributed by atoms with Gasteiger partial charge in [-0.3, -0.25) is 9.78 Å². The fourth-order valence-electron chi connectivity index (χ4n) is 2.49. The van der Waals surface area contributed by atoms with Crippen LogP contribution in [-0.2, 0) is 4.79 Å². The van der Waals surface area contributed by atoms with Crippen LogP contribution in [0.15, 0.2) is 66.3 Å². The van der Waals surface area contributed by atoms with E-state index in [0.717, 1.165) is 11.3 Å². The number of aromatic nitrogens is 1. The topological polar surface area (TPSA) is 51.2 Å². The number of hydrogen-bond donors (Lipinski definition) is 1. The molecule has 0 bridgehead atoms. The maximum Gasteiger partial charge on any atom is 0.244 e. The molecule has 3 rings (SSSR count). The number of rotatable bonds is 7. The zero-order valence-electron chi connectivity index (χ0n) is 14.8. The number of amides is 1. The molecule has 2 heterocycles. The van der Waals surface area contributed by atoms with Crippen molar-refractivity contribution in [1.29, 1.82) is 0 Å². The Morgan fingerprint density at radius 2 is 2.22 bits per heavy atom. The van der Waals surface area contributed by atoms with E-state index in [4.69, 9.17) is 4.74 Å². The van der Waals surface area contributed by atoms with Crippen molar-refractivity contribution in [2.75, 3.05) is 0 Å². The predicted octanol–water partition coefficient (Wildman–Crippen LogP) is 5.36. The maximum absolute atomic E-state index is 14.2. The van der Waals surface area contributed by atoms with E-state index in [-0.39, 0.29) is 17.7 Å². The Balaban J connectivity index is 1.63. The second kappa shape index (κ2) is 9.09. The van der Waals surface area contributed by atoms with Gasteiger partial charge in [-0.2, -0.15) is 0 Å². The molecule has 1 aromatic carbocycles. The molecule has 138 valence electrons. The fourth-order valence-corrected chi connectivity index (χ4v) is 3.35. The van der Waals surface area contributed by atoms with Crippen LogP contribution in [-0.4, -0.2) is 10.9 Å². The molecule has 1 amide bonds. The summed E-state index contributed by atoms with van der Waals surface area (Å²) in [6.45, 7) is 2.02. The predicted molar refractivity (Wildman–Crippen MR) is 105 cm³/mol. The van der Waals surface area contributed by atoms with Crippen LogP contribution < -0.4 is 10.1 Å². The number of pyridine rings is 1. The first-order valence-electron chi connectivity index (χ1n) is 8.55. The van der Waals surface area contributed by atoms with Crippen LogP contribution in [0.25, 0.3) is 6.08 Å². The Bertz CT molecular complexity index is 911. The van der Waals surface area contributed by atoms with Crippen LogP contribution in [0.2, 0.25) is 0 Å². The lowest BCUT2D eigenvalue weighted by Crippen LogP contribution is -2.25. The van der Waals surface area contributed by atoms with E-state index in [2.05, 4.69) is 10.3 Å². The van der Waals surface area contributed by atoms with Crippen molar-refractivity contribution in [3.05, 3.63) is 82.6 Å². The van der Waals surface area contributed by atoms with Gasteiger partial charge in [0.1, 0.15) is 5.75 Å². The molecule has 0 aliphatic rings. The van der Waals surface area contributed by atoms with Gasteiger partial charge in [-0.25, -0.2) is 4.39 Å². The van der Waals surface area contributed by atoms with Gasteiger partial charge in [0.05, 0.1) is 12.2 Å². The SMILES string of the molecule is CCC(NC(=O)/C=C/c1ccc(Oc2cccnc2)c(F)c1)c1cccs1. The van der Waals surface area contributed by atoms with Gasteiger partial charge in [0.25, 0.3) is 0 Å². The molecule has 4 nitrogen and oxygen atoms in total. The van der Waals surface area contributed by atoms with Gasteiger partial charge in [-0.15, -0.1) is 11.3 Å². The summed E-state index contributed by atoms with van der Waals surface area (Å²) in [6.07, 6.45) is 6.91. The van der Waals surface area contributed by atoms with Crippen molar-refractivity contribution in [3.8, 4) is 11.5 Å². The zero-order chi connectivity index (χ0) is 19.1. The van der Waals surface area contributed by atoms with Crippen LogP contribution >= 0.6 is 11.3 Å². The molecule has 1 atom stereocenters. The molecule has 0 fully saturated rings. The molecule has 6 heteroatoms. The van der Waals surface area contributed by atoms with Crippen LogP contribution in [0.1, 0.15) is 29.8 Å². The average Bonchev–Trinajstić information content (AvgIpc) is 3.22. The third-order valence-corrected chi connectivity index (χ3v) is 4.84. The number of halogens is 1. The van der Waals surface area contributed by atoms with Crippen molar-refractivity contribution >= 4 is 23.3 Å². The fraction of sp³-hybridized carbons (Fsp3) is 0.143. The molecule has 1 N–H and O–H groups in total. The van der Waals surface area contributed by atoms with E-state index in [1.54, 1.807) is 41.8 Å². The first-order chi connectivity index (χ1) is 13.2. The summed E-state index contributed by atoms with van der Waals surface area (Å²) in [5, 5.41) is 4.94. The minimum atomic E-state index is -0.508. The van der Waals surface area contributed by atoms with Gasteiger partial charge in [0.15, 0.2) is 11.6 Å². The second-order valence-corrected chi connectivity index (χ2v) is 6.78. The van der Waals surface area contributed by atoms with E-state index >= 15 is 0 Å². The van der Waals surface area contributed by atoms with Gasteiger partial charge in [-0.05, 0) is 53.8 Å². The molecule has 2 aromatic heterocycles. The van der Waals surface area contributed by atoms with Crippen LogP contribution in [0, 0.1) is 5.82 Å². The largest absolute Gasteiger partial charge is 0.453 e. The number of nitrogens with one attached hydrogen (secondary N) is 1. The average molecular weight is 382 g/mol. The Hall–Kier alpha value is -2.99. The Labute approximate surface area is 161 Å². The van der Waals surface area contributed by atoms with Crippen molar-refractivity contribution in [2.24, 2.45) is 0 Å². The number of thiophene rings is 1. The van der Waals surface area contributed by atoms with Crippen LogP contribution in [0.3, 0.4) is 0 Å². The third-order valence-electron chi connectivity index (χ3n) is 3.86. The molecular weight excluding hydrogens is 363 g/mol. The Morgan fingerprint density at radius 3 is 2.89 bits per heavy atom. The Morgan fingerprint density at radius 1 is 1.33 bits per heavy atom. The number of carbonyl (C=O) groups excluding carboxylic acids is 1. The monoisotopic (exact) mass is 382 g/mol. The highest BCUT2D eigenvalue weighted by Crippen LogP contribution is 2.25. The highest BCUT2D eigenvalue weighted by atomic mass is 32.1. The lowest BCUT2D eigenvalue weighted by molar-refractivity contribution is -0.117. The van der Waals surface area contributed by atoms with Crippen molar-refractivity contribution in [2.45, 2.75) is 19.4 Å². The first kappa shape index (κ1) is 18.8. The van der Waals surface area contributed by atoms with Crippen LogP contribution in [0.5, 0.6) is 11.5 Å². The summed E-state index contributed by atoms with van der Waals surface area (Å²) < 4.78 is 19.7. The van der Waals surface area contributed by atoms with Gasteiger partial charge in [0, 0.05) is 17.2 Å². The lowest BCUT2D eigenvalue weighted by Gasteiger charge is -2.13. The van der Waals surface area contributed by atoms with E-state index in [1.807, 2.05) is 24.4 Å². The Kier molecular flexibility index (Phi) is 6.33. The van der Waals surface area contributed by atoms with Crippen molar-refractivity contribution < 1.29 is 13.9 Å². The summed E-state index contributed by atoms with van der Waals surface area (Å²) in [7, 11) is 0. The second-order valence-electron chi connectivity index (χ2n) is 5.80. The maximum atomic E-state index is 14.2. The zero-order valence-corrected chi connectivity index (χ0v) is 15.6. The molecular formula is C21H19FN2O2S. The van der Waals surface area contributed by atoms with Crippen molar-refractivity contribution in [1.82, 2.24) is 10.3 Å². The number of ether oxygens (including phenoxy) is 1. The summed E-state index contributed by atoms with van der Waals surface area (Å²) in [5.74, 6) is -0.163. The van der Waals surface area contributed by atoms with Crippen molar-refractivity contribution in [3.63, 3.8) is 0 Å². The molecule has 3 aromatic rings.